The van der Waals surface area contributed by atoms with Crippen molar-refractivity contribution >= 4 is 22.6 Å². The summed E-state index contributed by atoms with van der Waals surface area (Å²) < 4.78 is 12.0. The largest absolute Gasteiger partial charge is 0.388 e. The Morgan fingerprint density at radius 1 is 1.38 bits per heavy atom. The van der Waals surface area contributed by atoms with Crippen LogP contribution in [0.2, 0.25) is 0 Å². The van der Waals surface area contributed by atoms with E-state index in [0.29, 0.717) is 13.2 Å². The van der Waals surface area contributed by atoms with Crippen LogP contribution in [0, 0.1) is 0 Å². The average Bonchev–Trinajstić information content (AvgIpc) is 2.69. The number of hydrogen-bond acceptors (Lipinski definition) is 3. The third-order valence-corrected chi connectivity index (χ3v) is 3.53. The highest BCUT2D eigenvalue weighted by Crippen LogP contribution is 2.21. The van der Waals surface area contributed by atoms with Crippen LogP contribution in [0.4, 0.5) is 0 Å². The number of benzene rings is 1. The van der Waals surface area contributed by atoms with E-state index in [0.717, 1.165) is 9.99 Å². The molecule has 1 aliphatic heterocycles. The zero-order valence-corrected chi connectivity index (χ0v) is 11.0. The Morgan fingerprint density at radius 3 is 2.81 bits per heavy atom. The number of halogens is 1. The van der Waals surface area contributed by atoms with Crippen LogP contribution in [-0.4, -0.2) is 34.5 Å². The molecule has 0 saturated carbocycles. The first-order chi connectivity index (χ1) is 7.81. The van der Waals surface area contributed by atoms with Crippen molar-refractivity contribution < 1.29 is 14.6 Å². The lowest BCUT2D eigenvalue weighted by molar-refractivity contribution is -0.0388. The minimum absolute atomic E-state index is 0.0133. The van der Waals surface area contributed by atoms with Gasteiger partial charge >= 0.3 is 0 Å². The second kappa shape index (κ2) is 5.95. The molecule has 16 heavy (non-hydrogen) atoms. The minimum atomic E-state index is -0.497. The van der Waals surface area contributed by atoms with E-state index in [9.17, 15) is 5.11 Å². The van der Waals surface area contributed by atoms with E-state index >= 15 is 0 Å². The van der Waals surface area contributed by atoms with Crippen LogP contribution in [0.1, 0.15) is 5.56 Å². The number of rotatable bonds is 4. The third-order valence-electron chi connectivity index (χ3n) is 2.66. The molecule has 0 spiro atoms. The molecule has 3 atom stereocenters. The Morgan fingerprint density at radius 2 is 2.12 bits per heavy atom. The third kappa shape index (κ3) is 2.94. The first kappa shape index (κ1) is 12.3. The SMILES string of the molecule is O[C@@H]1CO[C@@H](CI)[C@H]1OCc1ccccc1. The Kier molecular flexibility index (Phi) is 4.57. The predicted molar refractivity (Wildman–Crippen MR) is 69.7 cm³/mol. The highest BCUT2D eigenvalue weighted by atomic mass is 127. The summed E-state index contributed by atoms with van der Waals surface area (Å²) in [7, 11) is 0. The molecule has 1 N–H and O–H groups in total. The smallest absolute Gasteiger partial charge is 0.113 e. The van der Waals surface area contributed by atoms with Crippen molar-refractivity contribution in [2.75, 3.05) is 11.0 Å². The number of ether oxygens (including phenoxy) is 2. The lowest BCUT2D eigenvalue weighted by atomic mass is 10.1. The highest BCUT2D eigenvalue weighted by Gasteiger charge is 2.36. The fraction of sp³-hybridized carbons (Fsp3) is 0.500. The summed E-state index contributed by atoms with van der Waals surface area (Å²) in [6, 6.07) is 9.97. The topological polar surface area (TPSA) is 38.7 Å². The molecule has 1 aliphatic rings. The first-order valence-corrected chi connectivity index (χ1v) is 6.85. The summed E-state index contributed by atoms with van der Waals surface area (Å²) in [5, 5.41) is 9.72. The molecule has 0 aromatic heterocycles. The molecular formula is C12H15IO3. The molecule has 0 radical (unpaired) electrons. The van der Waals surface area contributed by atoms with E-state index in [2.05, 4.69) is 22.6 Å². The van der Waals surface area contributed by atoms with Gasteiger partial charge in [0.2, 0.25) is 0 Å². The molecular weight excluding hydrogens is 319 g/mol. The summed E-state index contributed by atoms with van der Waals surface area (Å²) in [6.07, 6.45) is -0.681. The van der Waals surface area contributed by atoms with Gasteiger partial charge in [0.25, 0.3) is 0 Å². The first-order valence-electron chi connectivity index (χ1n) is 5.32. The van der Waals surface area contributed by atoms with Crippen LogP contribution >= 0.6 is 22.6 Å². The van der Waals surface area contributed by atoms with Crippen molar-refractivity contribution in [1.82, 2.24) is 0 Å². The van der Waals surface area contributed by atoms with Crippen LogP contribution in [0.15, 0.2) is 30.3 Å². The van der Waals surface area contributed by atoms with Gasteiger partial charge in [-0.15, -0.1) is 0 Å². The number of hydrogen-bond donors (Lipinski definition) is 1. The summed E-state index contributed by atoms with van der Waals surface area (Å²) in [5.41, 5.74) is 1.12. The van der Waals surface area contributed by atoms with Crippen LogP contribution in [0.5, 0.6) is 0 Å². The summed E-state index contributed by atoms with van der Waals surface area (Å²) in [6.45, 7) is 0.909. The maximum Gasteiger partial charge on any atom is 0.113 e. The quantitative estimate of drug-likeness (QED) is 0.674. The lowest BCUT2D eigenvalue weighted by Crippen LogP contribution is -2.33. The second-order valence-electron chi connectivity index (χ2n) is 3.85. The van der Waals surface area contributed by atoms with Gasteiger partial charge < -0.3 is 14.6 Å². The molecule has 0 amide bonds. The molecule has 1 saturated heterocycles. The molecule has 88 valence electrons. The summed E-state index contributed by atoms with van der Waals surface area (Å²) in [5.74, 6) is 0. The molecule has 3 nitrogen and oxygen atoms in total. The predicted octanol–water partition coefficient (Wildman–Crippen LogP) is 1.77. The van der Waals surface area contributed by atoms with Crippen molar-refractivity contribution in [2.24, 2.45) is 0 Å². The maximum atomic E-state index is 9.72. The molecule has 1 heterocycles. The molecule has 4 heteroatoms. The molecule has 1 fully saturated rings. The van der Waals surface area contributed by atoms with Gasteiger partial charge in [-0.1, -0.05) is 52.9 Å². The van der Waals surface area contributed by atoms with E-state index in [1.807, 2.05) is 30.3 Å². The fourth-order valence-corrected chi connectivity index (χ4v) is 2.53. The van der Waals surface area contributed by atoms with Gasteiger partial charge in [-0.3, -0.25) is 0 Å². The van der Waals surface area contributed by atoms with E-state index in [-0.39, 0.29) is 12.2 Å². The number of aliphatic hydroxyl groups excluding tert-OH is 1. The normalized spacial score (nSPS) is 29.5. The van der Waals surface area contributed by atoms with Crippen molar-refractivity contribution in [3.05, 3.63) is 35.9 Å². The maximum absolute atomic E-state index is 9.72. The van der Waals surface area contributed by atoms with Crippen LogP contribution in [0.25, 0.3) is 0 Å². The number of alkyl halides is 1. The van der Waals surface area contributed by atoms with Gasteiger partial charge in [-0.2, -0.15) is 0 Å². The standard InChI is InChI=1S/C12H15IO3/c13-6-11-12(10(14)8-15-11)16-7-9-4-2-1-3-5-9/h1-5,10-12,14H,6-8H2/t10-,11+,12+/m1/s1. The van der Waals surface area contributed by atoms with Crippen molar-refractivity contribution in [2.45, 2.75) is 24.9 Å². The monoisotopic (exact) mass is 334 g/mol. The summed E-state index contributed by atoms with van der Waals surface area (Å²) in [4.78, 5) is 0. The van der Waals surface area contributed by atoms with E-state index in [4.69, 9.17) is 9.47 Å². The molecule has 1 aromatic carbocycles. The average molecular weight is 334 g/mol. The Bertz CT molecular complexity index is 317. The Balaban J connectivity index is 1.89. The highest BCUT2D eigenvalue weighted by molar-refractivity contribution is 14.1. The van der Waals surface area contributed by atoms with Gasteiger partial charge in [0.1, 0.15) is 12.2 Å². The van der Waals surface area contributed by atoms with Gasteiger partial charge in [-0.05, 0) is 5.56 Å². The van der Waals surface area contributed by atoms with Crippen molar-refractivity contribution in [1.29, 1.82) is 0 Å². The molecule has 0 unspecified atom stereocenters. The van der Waals surface area contributed by atoms with Crippen LogP contribution in [0.3, 0.4) is 0 Å². The van der Waals surface area contributed by atoms with Gasteiger partial charge in [-0.25, -0.2) is 0 Å². The molecule has 2 rings (SSSR count). The second-order valence-corrected chi connectivity index (χ2v) is 4.74. The van der Waals surface area contributed by atoms with E-state index in [1.54, 1.807) is 0 Å². The van der Waals surface area contributed by atoms with Crippen LogP contribution < -0.4 is 0 Å². The molecule has 1 aromatic rings. The zero-order valence-electron chi connectivity index (χ0n) is 8.88. The lowest BCUT2D eigenvalue weighted by Gasteiger charge is -2.19. The zero-order chi connectivity index (χ0) is 11.4. The van der Waals surface area contributed by atoms with Gasteiger partial charge in [0.15, 0.2) is 0 Å². The van der Waals surface area contributed by atoms with E-state index in [1.165, 1.54) is 0 Å². The van der Waals surface area contributed by atoms with E-state index < -0.39 is 6.10 Å². The minimum Gasteiger partial charge on any atom is -0.388 e. The number of aliphatic hydroxyl groups is 1. The Labute approximate surface area is 109 Å². The molecule has 0 bridgehead atoms. The molecule has 0 aliphatic carbocycles. The fourth-order valence-electron chi connectivity index (χ4n) is 1.78. The van der Waals surface area contributed by atoms with Gasteiger partial charge in [0.05, 0.1) is 19.3 Å². The van der Waals surface area contributed by atoms with Crippen LogP contribution in [-0.2, 0) is 16.1 Å². The van der Waals surface area contributed by atoms with Gasteiger partial charge in [0, 0.05) is 4.43 Å². The van der Waals surface area contributed by atoms with Crippen molar-refractivity contribution in [3.8, 4) is 0 Å². The van der Waals surface area contributed by atoms with Crippen molar-refractivity contribution in [3.63, 3.8) is 0 Å². The summed E-state index contributed by atoms with van der Waals surface area (Å²) >= 11 is 2.25. The Hall–Kier alpha value is -0.170.